The summed E-state index contributed by atoms with van der Waals surface area (Å²) in [7, 11) is 0. The van der Waals surface area contributed by atoms with Crippen molar-refractivity contribution < 1.29 is 9.59 Å². The monoisotopic (exact) mass is 332 g/mol. The first-order valence-electron chi connectivity index (χ1n) is 7.08. The molecular formula is C14H16N6O2S. The molecular weight excluding hydrogens is 316 g/mol. The Morgan fingerprint density at radius 1 is 1.35 bits per heavy atom. The molecule has 0 spiro atoms. The van der Waals surface area contributed by atoms with Crippen LogP contribution in [0.1, 0.15) is 18.0 Å². The number of hydrogen-bond donors (Lipinski definition) is 4. The molecule has 0 bridgehead atoms. The van der Waals surface area contributed by atoms with Gasteiger partial charge in [0.15, 0.2) is 0 Å². The maximum absolute atomic E-state index is 11.9. The molecule has 8 nitrogen and oxygen atoms in total. The average molecular weight is 332 g/mol. The van der Waals surface area contributed by atoms with Gasteiger partial charge in [-0.2, -0.15) is 10.1 Å². The Hall–Kier alpha value is -2.39. The normalized spacial score (nSPS) is 20.8. The van der Waals surface area contributed by atoms with Gasteiger partial charge in [-0.05, 0) is 5.56 Å². The quantitative estimate of drug-likeness (QED) is 0.638. The molecule has 2 heterocycles. The van der Waals surface area contributed by atoms with Crippen LogP contribution < -0.4 is 16.0 Å². The van der Waals surface area contributed by atoms with E-state index in [1.54, 1.807) is 0 Å². The van der Waals surface area contributed by atoms with E-state index in [4.69, 9.17) is 0 Å². The number of aromatic nitrogens is 3. The molecule has 1 fully saturated rings. The first-order chi connectivity index (χ1) is 11.2. The number of rotatable bonds is 5. The van der Waals surface area contributed by atoms with Crippen molar-refractivity contribution in [2.75, 3.05) is 11.1 Å². The lowest BCUT2D eigenvalue weighted by Gasteiger charge is -2.31. The van der Waals surface area contributed by atoms with E-state index < -0.39 is 0 Å². The van der Waals surface area contributed by atoms with Crippen LogP contribution in [-0.4, -0.2) is 38.2 Å². The Labute approximate surface area is 136 Å². The predicted molar refractivity (Wildman–Crippen MR) is 86.3 cm³/mol. The number of anilines is 1. The van der Waals surface area contributed by atoms with E-state index in [9.17, 15) is 9.59 Å². The molecule has 1 aromatic carbocycles. The summed E-state index contributed by atoms with van der Waals surface area (Å²) in [6, 6.07) is 9.72. The highest BCUT2D eigenvalue weighted by Crippen LogP contribution is 2.23. The molecule has 9 heteroatoms. The van der Waals surface area contributed by atoms with Gasteiger partial charge < -0.3 is 5.32 Å². The third-order valence-corrected chi connectivity index (χ3v) is 4.31. The third-order valence-electron chi connectivity index (χ3n) is 3.29. The highest BCUT2D eigenvalue weighted by atomic mass is 32.2. The van der Waals surface area contributed by atoms with Gasteiger partial charge in [0, 0.05) is 12.5 Å². The fraction of sp³-hybridized carbons (Fsp3) is 0.286. The lowest BCUT2D eigenvalue weighted by atomic mass is 10.0. The number of hydrogen-bond acceptors (Lipinski definition) is 6. The molecule has 1 aliphatic heterocycles. The van der Waals surface area contributed by atoms with Gasteiger partial charge in [0.05, 0.1) is 5.75 Å². The second-order valence-electron chi connectivity index (χ2n) is 4.97. The minimum absolute atomic E-state index is 0.0363. The van der Waals surface area contributed by atoms with E-state index in [1.165, 1.54) is 18.1 Å². The molecule has 2 atom stereocenters. The van der Waals surface area contributed by atoms with E-state index in [0.717, 1.165) is 5.56 Å². The first kappa shape index (κ1) is 15.5. The largest absolute Gasteiger partial charge is 0.332 e. The van der Waals surface area contributed by atoms with Crippen LogP contribution in [0.3, 0.4) is 0 Å². The van der Waals surface area contributed by atoms with Crippen LogP contribution in [-0.2, 0) is 9.59 Å². The molecule has 1 aliphatic rings. The summed E-state index contributed by atoms with van der Waals surface area (Å²) in [6.45, 7) is 0. The third kappa shape index (κ3) is 4.30. The van der Waals surface area contributed by atoms with Crippen molar-refractivity contribution in [3.05, 3.63) is 42.2 Å². The number of thioether (sulfide) groups is 1. The van der Waals surface area contributed by atoms with Gasteiger partial charge in [-0.15, -0.1) is 11.8 Å². The minimum atomic E-state index is -0.318. The lowest BCUT2D eigenvalue weighted by molar-refractivity contribution is -0.123. The van der Waals surface area contributed by atoms with Crippen LogP contribution >= 0.6 is 11.8 Å². The number of carbonyl (C=O) groups excluding carboxylic acids is 2. The molecule has 2 unspecified atom stereocenters. The van der Waals surface area contributed by atoms with Crippen LogP contribution in [0.5, 0.6) is 0 Å². The van der Waals surface area contributed by atoms with Crippen molar-refractivity contribution >= 4 is 29.5 Å². The number of carbonyl (C=O) groups is 2. The first-order valence-corrected chi connectivity index (χ1v) is 8.13. The van der Waals surface area contributed by atoms with Crippen molar-refractivity contribution in [1.82, 2.24) is 25.8 Å². The van der Waals surface area contributed by atoms with Gasteiger partial charge in [0.25, 0.3) is 0 Å². The van der Waals surface area contributed by atoms with Gasteiger partial charge in [0.1, 0.15) is 11.8 Å². The van der Waals surface area contributed by atoms with E-state index in [1.807, 2.05) is 30.3 Å². The molecule has 120 valence electrons. The molecule has 0 aliphatic carbocycles. The summed E-state index contributed by atoms with van der Waals surface area (Å²) in [4.78, 5) is 27.5. The second-order valence-corrected chi connectivity index (χ2v) is 6.07. The summed E-state index contributed by atoms with van der Waals surface area (Å²) < 4.78 is 0. The summed E-state index contributed by atoms with van der Waals surface area (Å²) in [5.41, 5.74) is 0.737. The molecule has 23 heavy (non-hydrogen) atoms. The topological polar surface area (TPSA) is 112 Å². The number of aromatic amines is 1. The van der Waals surface area contributed by atoms with Crippen LogP contribution in [0.4, 0.5) is 5.95 Å². The van der Waals surface area contributed by atoms with Gasteiger partial charge in [-0.3, -0.25) is 20.2 Å². The zero-order valence-electron chi connectivity index (χ0n) is 12.2. The molecule has 0 radical (unpaired) electrons. The standard InChI is InChI=1S/C14H16N6O2S/c21-11-6-10(9-4-2-1-3-5-9)17-14(19-11)23-7-12(22)18-13-15-8-16-20-13/h1-5,8,10,14,17H,6-7H2,(H,19,21)(H2,15,16,18,20,22). The minimum Gasteiger partial charge on any atom is -0.332 e. The summed E-state index contributed by atoms with van der Waals surface area (Å²) in [5.74, 6) is 0.231. The SMILES string of the molecule is O=C(CSC1NC(=O)CC(c2ccccc2)N1)Nc1ncn[nH]1. The number of benzene rings is 1. The maximum Gasteiger partial charge on any atom is 0.236 e. The zero-order valence-corrected chi connectivity index (χ0v) is 13.0. The van der Waals surface area contributed by atoms with E-state index in [-0.39, 0.29) is 29.1 Å². The smallest absolute Gasteiger partial charge is 0.236 e. The Morgan fingerprint density at radius 2 is 2.17 bits per heavy atom. The number of nitrogens with one attached hydrogen (secondary N) is 4. The van der Waals surface area contributed by atoms with Gasteiger partial charge in [0.2, 0.25) is 17.8 Å². The summed E-state index contributed by atoms with van der Waals surface area (Å²) in [6.07, 6.45) is 1.70. The fourth-order valence-electron chi connectivity index (χ4n) is 2.26. The van der Waals surface area contributed by atoms with Crippen LogP contribution in [0, 0.1) is 0 Å². The Bertz CT molecular complexity index is 663. The zero-order chi connectivity index (χ0) is 16.1. The molecule has 3 rings (SSSR count). The molecule has 4 N–H and O–H groups in total. The van der Waals surface area contributed by atoms with E-state index in [0.29, 0.717) is 12.4 Å². The Balaban J connectivity index is 1.53. The highest BCUT2D eigenvalue weighted by Gasteiger charge is 2.27. The van der Waals surface area contributed by atoms with Crippen molar-refractivity contribution in [3.8, 4) is 0 Å². The van der Waals surface area contributed by atoms with Crippen LogP contribution in [0.2, 0.25) is 0 Å². The molecule has 0 saturated carbocycles. The van der Waals surface area contributed by atoms with Gasteiger partial charge in [-0.25, -0.2) is 5.10 Å². The number of amides is 2. The van der Waals surface area contributed by atoms with Crippen molar-refractivity contribution in [1.29, 1.82) is 0 Å². The molecule has 1 saturated heterocycles. The Kier molecular flexibility index (Phi) is 4.89. The lowest BCUT2D eigenvalue weighted by Crippen LogP contribution is -2.51. The highest BCUT2D eigenvalue weighted by molar-refractivity contribution is 8.00. The number of H-pyrrole nitrogens is 1. The van der Waals surface area contributed by atoms with E-state index in [2.05, 4.69) is 31.1 Å². The summed E-state index contributed by atoms with van der Waals surface area (Å²) >= 11 is 1.31. The van der Waals surface area contributed by atoms with Crippen LogP contribution in [0.25, 0.3) is 0 Å². The van der Waals surface area contributed by atoms with Crippen molar-refractivity contribution in [2.24, 2.45) is 0 Å². The average Bonchev–Trinajstić information content (AvgIpc) is 3.06. The molecule has 1 aromatic heterocycles. The molecule has 2 amide bonds. The van der Waals surface area contributed by atoms with Crippen molar-refractivity contribution in [3.63, 3.8) is 0 Å². The predicted octanol–water partition coefficient (Wildman–Crippen LogP) is 0.611. The number of nitrogens with zero attached hydrogens (tertiary/aromatic N) is 2. The van der Waals surface area contributed by atoms with Gasteiger partial charge in [-0.1, -0.05) is 30.3 Å². The second kappa shape index (κ2) is 7.25. The Morgan fingerprint density at radius 3 is 2.91 bits per heavy atom. The van der Waals surface area contributed by atoms with E-state index >= 15 is 0 Å². The van der Waals surface area contributed by atoms with Crippen LogP contribution in [0.15, 0.2) is 36.7 Å². The summed E-state index contributed by atoms with van der Waals surface area (Å²) in [5, 5.41) is 14.9. The van der Waals surface area contributed by atoms with Crippen molar-refractivity contribution in [2.45, 2.75) is 18.0 Å². The van der Waals surface area contributed by atoms with Gasteiger partial charge >= 0.3 is 0 Å². The molecule has 2 aromatic rings. The fourth-order valence-corrected chi connectivity index (χ4v) is 3.12. The maximum atomic E-state index is 11.9.